The van der Waals surface area contributed by atoms with Crippen molar-refractivity contribution >= 4 is 48.2 Å². The number of phosphoric acid groups is 1. The van der Waals surface area contributed by atoms with Crippen LogP contribution >= 0.6 is 7.82 Å². The second-order valence-corrected chi connectivity index (χ2v) is 11.9. The van der Waals surface area contributed by atoms with Crippen LogP contribution in [0.25, 0.3) is 10.8 Å². The van der Waals surface area contributed by atoms with Crippen LogP contribution in [-0.4, -0.2) is 62.6 Å². The van der Waals surface area contributed by atoms with Crippen molar-refractivity contribution < 1.29 is 48.0 Å². The standard InChI is InChI=1S/C31H37N4O10P/c1-19(36)33-27(17-20-9-12-24(13-10-20)45-46(42,43)44)31(41)35-26(14-16-29(38)39)30(40)34-23(11-15-28(32)37)18-22-7-4-6-21-5-2-3-8-25(21)22/h2-10,12-13,23,26-27H,11,14-18H2,1H3,(H2,32,37)(H,33,36)(H,34,40)(H,35,41)(H,38,39)(H2,42,43,44)/t23-,26-,27-/m0/s1. The zero-order chi connectivity index (χ0) is 33.9. The molecule has 0 fully saturated rings. The Hall–Kier alpha value is -4.78. The molecule has 0 saturated heterocycles. The first-order valence-corrected chi connectivity index (χ1v) is 15.9. The highest BCUT2D eigenvalue weighted by Gasteiger charge is 2.29. The minimum atomic E-state index is -4.78. The van der Waals surface area contributed by atoms with Crippen molar-refractivity contribution in [1.29, 1.82) is 0 Å². The number of aliphatic carboxylic acids is 1. The van der Waals surface area contributed by atoms with Gasteiger partial charge in [-0.25, -0.2) is 4.57 Å². The average Bonchev–Trinajstić information content (AvgIpc) is 2.97. The van der Waals surface area contributed by atoms with E-state index in [4.69, 9.17) is 15.5 Å². The van der Waals surface area contributed by atoms with Gasteiger partial charge < -0.3 is 31.3 Å². The number of hydrogen-bond acceptors (Lipinski definition) is 7. The van der Waals surface area contributed by atoms with E-state index in [0.717, 1.165) is 16.3 Å². The fourth-order valence-corrected chi connectivity index (χ4v) is 5.30. The van der Waals surface area contributed by atoms with Crippen molar-refractivity contribution in [2.45, 2.75) is 63.6 Å². The van der Waals surface area contributed by atoms with Gasteiger partial charge in [0.1, 0.15) is 17.8 Å². The van der Waals surface area contributed by atoms with Crippen LogP contribution in [0.4, 0.5) is 0 Å². The lowest BCUT2D eigenvalue weighted by Gasteiger charge is -2.26. The quantitative estimate of drug-likeness (QED) is 0.104. The normalized spacial score (nSPS) is 13.2. The maximum atomic E-state index is 13.6. The van der Waals surface area contributed by atoms with E-state index in [1.165, 1.54) is 31.2 Å². The number of fused-ring (bicyclic) bond motifs is 1. The highest BCUT2D eigenvalue weighted by Crippen LogP contribution is 2.37. The highest BCUT2D eigenvalue weighted by atomic mass is 31.2. The molecular formula is C31H37N4O10P. The molecule has 0 radical (unpaired) electrons. The molecule has 14 nitrogen and oxygen atoms in total. The van der Waals surface area contributed by atoms with Crippen molar-refractivity contribution in [3.8, 4) is 5.75 Å². The number of primary amides is 1. The zero-order valence-corrected chi connectivity index (χ0v) is 25.9. The lowest BCUT2D eigenvalue weighted by molar-refractivity contribution is -0.138. The third-order valence-electron chi connectivity index (χ3n) is 6.99. The number of carbonyl (C=O) groups excluding carboxylic acids is 4. The number of rotatable bonds is 17. The van der Waals surface area contributed by atoms with Crippen molar-refractivity contribution in [2.75, 3.05) is 0 Å². The van der Waals surface area contributed by atoms with E-state index < -0.39 is 62.0 Å². The SMILES string of the molecule is CC(=O)N[C@@H](Cc1ccc(OP(=O)(O)O)cc1)C(=O)N[C@@H](CCC(=O)O)C(=O)N[C@@H](CCC(N)=O)Cc1cccc2ccccc12. The molecule has 3 aromatic carbocycles. The number of benzene rings is 3. The first kappa shape index (κ1) is 35.7. The van der Waals surface area contributed by atoms with Crippen molar-refractivity contribution in [2.24, 2.45) is 5.73 Å². The summed E-state index contributed by atoms with van der Waals surface area (Å²) in [4.78, 5) is 79.9. The van der Waals surface area contributed by atoms with Gasteiger partial charge in [0.05, 0.1) is 0 Å². The number of carboxylic acids is 1. The molecule has 0 aliphatic rings. The maximum Gasteiger partial charge on any atom is 0.524 e. The molecule has 0 heterocycles. The number of phosphoric ester groups is 1. The fraction of sp³-hybridized carbons (Fsp3) is 0.323. The molecule has 0 saturated carbocycles. The molecule has 246 valence electrons. The van der Waals surface area contributed by atoms with E-state index in [1.807, 2.05) is 42.5 Å². The van der Waals surface area contributed by atoms with Gasteiger partial charge in [0.25, 0.3) is 0 Å². The van der Waals surface area contributed by atoms with Crippen LogP contribution in [0, 0.1) is 0 Å². The van der Waals surface area contributed by atoms with Gasteiger partial charge in [0, 0.05) is 32.2 Å². The largest absolute Gasteiger partial charge is 0.524 e. The third kappa shape index (κ3) is 12.0. The molecule has 3 aromatic rings. The van der Waals surface area contributed by atoms with Gasteiger partial charge in [-0.1, -0.05) is 54.6 Å². The van der Waals surface area contributed by atoms with E-state index in [1.54, 1.807) is 0 Å². The molecule has 0 aliphatic heterocycles. The summed E-state index contributed by atoms with van der Waals surface area (Å²) in [5.74, 6) is -3.85. The summed E-state index contributed by atoms with van der Waals surface area (Å²) < 4.78 is 15.6. The summed E-state index contributed by atoms with van der Waals surface area (Å²) in [5, 5.41) is 19.2. The summed E-state index contributed by atoms with van der Waals surface area (Å²) in [6, 6.07) is 15.8. The van der Waals surface area contributed by atoms with Crippen LogP contribution in [0.5, 0.6) is 5.75 Å². The molecule has 0 spiro atoms. The lowest BCUT2D eigenvalue weighted by atomic mass is 9.96. The lowest BCUT2D eigenvalue weighted by Crippen LogP contribution is -2.55. The van der Waals surface area contributed by atoms with Gasteiger partial charge in [-0.2, -0.15) is 0 Å². The van der Waals surface area contributed by atoms with E-state index in [9.17, 15) is 33.6 Å². The van der Waals surface area contributed by atoms with Crippen molar-refractivity contribution in [3.63, 3.8) is 0 Å². The van der Waals surface area contributed by atoms with Gasteiger partial charge in [-0.15, -0.1) is 0 Å². The molecule has 3 atom stereocenters. The number of amides is 4. The van der Waals surface area contributed by atoms with Crippen LogP contribution < -0.4 is 26.2 Å². The highest BCUT2D eigenvalue weighted by molar-refractivity contribution is 7.46. The topological polar surface area (TPSA) is 234 Å². The Labute approximate surface area is 264 Å². The molecule has 15 heteroatoms. The van der Waals surface area contributed by atoms with Crippen LogP contribution in [0.1, 0.15) is 43.7 Å². The van der Waals surface area contributed by atoms with E-state index in [0.29, 0.717) is 12.0 Å². The first-order valence-electron chi connectivity index (χ1n) is 14.4. The summed E-state index contributed by atoms with van der Waals surface area (Å²) in [7, 11) is -4.78. The Morgan fingerprint density at radius 2 is 1.46 bits per heavy atom. The van der Waals surface area contributed by atoms with Crippen molar-refractivity contribution in [1.82, 2.24) is 16.0 Å². The summed E-state index contributed by atoms with van der Waals surface area (Å²) >= 11 is 0. The second kappa shape index (κ2) is 16.5. The molecule has 3 rings (SSSR count). The van der Waals surface area contributed by atoms with Crippen LogP contribution in [-0.2, 0) is 41.4 Å². The maximum absolute atomic E-state index is 13.6. The molecule has 4 amide bonds. The molecule has 46 heavy (non-hydrogen) atoms. The van der Waals surface area contributed by atoms with Gasteiger partial charge in [-0.05, 0) is 53.3 Å². The molecular weight excluding hydrogens is 619 g/mol. The Morgan fingerprint density at radius 1 is 0.804 bits per heavy atom. The molecule has 0 bridgehead atoms. The van der Waals surface area contributed by atoms with Crippen LogP contribution in [0.15, 0.2) is 66.7 Å². The van der Waals surface area contributed by atoms with Gasteiger partial charge >= 0.3 is 13.8 Å². The Bertz CT molecular complexity index is 1600. The van der Waals surface area contributed by atoms with Crippen LogP contribution in [0.2, 0.25) is 0 Å². The second-order valence-electron chi connectivity index (χ2n) is 10.7. The summed E-state index contributed by atoms with van der Waals surface area (Å²) in [6.07, 6.45) is -0.275. The van der Waals surface area contributed by atoms with Crippen molar-refractivity contribution in [3.05, 3.63) is 77.9 Å². The fourth-order valence-electron chi connectivity index (χ4n) is 4.90. The summed E-state index contributed by atoms with van der Waals surface area (Å²) in [6.45, 7) is 1.20. The van der Waals surface area contributed by atoms with E-state index in [2.05, 4.69) is 20.5 Å². The Morgan fingerprint density at radius 3 is 2.09 bits per heavy atom. The first-order chi connectivity index (χ1) is 21.7. The molecule has 0 unspecified atom stereocenters. The minimum absolute atomic E-state index is 0.0234. The Balaban J connectivity index is 1.80. The average molecular weight is 657 g/mol. The minimum Gasteiger partial charge on any atom is -0.481 e. The molecule has 8 N–H and O–H groups in total. The predicted octanol–water partition coefficient (Wildman–Crippen LogP) is 1.70. The van der Waals surface area contributed by atoms with E-state index >= 15 is 0 Å². The summed E-state index contributed by atoms with van der Waals surface area (Å²) in [5.41, 5.74) is 6.77. The van der Waals surface area contributed by atoms with Gasteiger partial charge in [0.15, 0.2) is 0 Å². The number of hydrogen-bond donors (Lipinski definition) is 7. The smallest absolute Gasteiger partial charge is 0.481 e. The number of carboxylic acid groups (broad SMARTS) is 1. The zero-order valence-electron chi connectivity index (χ0n) is 25.0. The monoisotopic (exact) mass is 656 g/mol. The van der Waals surface area contributed by atoms with Gasteiger partial charge in [0.2, 0.25) is 23.6 Å². The molecule has 0 aromatic heterocycles. The Kier molecular flexibility index (Phi) is 12.8. The predicted molar refractivity (Wildman–Crippen MR) is 167 cm³/mol. The number of carbonyl (C=O) groups is 5. The van der Waals surface area contributed by atoms with E-state index in [-0.39, 0.29) is 31.4 Å². The van der Waals surface area contributed by atoms with Gasteiger partial charge in [-0.3, -0.25) is 33.8 Å². The number of nitrogens with two attached hydrogens (primary N) is 1. The number of nitrogens with one attached hydrogen (secondary N) is 3. The molecule has 0 aliphatic carbocycles. The van der Waals surface area contributed by atoms with Crippen LogP contribution in [0.3, 0.4) is 0 Å². The third-order valence-corrected chi connectivity index (χ3v) is 7.44.